The number of halogens is 2. The second-order valence-corrected chi connectivity index (χ2v) is 7.50. The van der Waals surface area contributed by atoms with Gasteiger partial charge in [-0.15, -0.1) is 0 Å². The predicted octanol–water partition coefficient (Wildman–Crippen LogP) is 4.86. The summed E-state index contributed by atoms with van der Waals surface area (Å²) in [6, 6.07) is 18.7. The molecule has 6 heteroatoms. The summed E-state index contributed by atoms with van der Waals surface area (Å²) < 4.78 is 31.1. The number of nitrogens with zero attached hydrogens (tertiary/aromatic N) is 3. The Balaban J connectivity index is 1.60. The Labute approximate surface area is 171 Å². The van der Waals surface area contributed by atoms with Gasteiger partial charge in [0.25, 0.3) is 0 Å². The van der Waals surface area contributed by atoms with Crippen LogP contribution < -0.4 is 0 Å². The first-order chi connectivity index (χ1) is 14.5. The SMILES string of the molecule is Cn1ccc2cc(C(O)(CF)c3ccc4c(cnn4-c4ccc(F)cc4)c3)ccc21. The normalized spacial score (nSPS) is 13.7. The molecule has 4 nitrogen and oxygen atoms in total. The number of fused-ring (bicyclic) bond motifs is 2. The highest BCUT2D eigenvalue weighted by Gasteiger charge is 2.32. The highest BCUT2D eigenvalue weighted by Crippen LogP contribution is 2.34. The van der Waals surface area contributed by atoms with Gasteiger partial charge in [-0.05, 0) is 71.1 Å². The lowest BCUT2D eigenvalue weighted by molar-refractivity contribution is 0.0521. The van der Waals surface area contributed by atoms with Crippen molar-refractivity contribution in [1.82, 2.24) is 14.3 Å². The maximum atomic E-state index is 14.2. The second-order valence-electron chi connectivity index (χ2n) is 7.50. The van der Waals surface area contributed by atoms with Gasteiger partial charge in [0, 0.05) is 24.1 Å². The van der Waals surface area contributed by atoms with Crippen molar-refractivity contribution in [3.8, 4) is 5.69 Å². The molecule has 0 spiro atoms. The van der Waals surface area contributed by atoms with Crippen molar-refractivity contribution in [3.63, 3.8) is 0 Å². The smallest absolute Gasteiger partial charge is 0.143 e. The molecule has 0 radical (unpaired) electrons. The molecule has 2 heterocycles. The van der Waals surface area contributed by atoms with Gasteiger partial charge >= 0.3 is 0 Å². The van der Waals surface area contributed by atoms with E-state index in [1.165, 1.54) is 12.1 Å². The van der Waals surface area contributed by atoms with Gasteiger partial charge in [0.1, 0.15) is 18.1 Å². The van der Waals surface area contributed by atoms with Gasteiger partial charge in [0.2, 0.25) is 0 Å². The summed E-state index contributed by atoms with van der Waals surface area (Å²) in [5.41, 5.74) is 1.69. The van der Waals surface area contributed by atoms with Crippen molar-refractivity contribution in [2.75, 3.05) is 6.67 Å². The van der Waals surface area contributed by atoms with Crippen molar-refractivity contribution in [2.45, 2.75) is 5.60 Å². The third kappa shape index (κ3) is 2.80. The molecule has 1 atom stereocenters. The first-order valence-corrected chi connectivity index (χ1v) is 9.58. The molecular formula is C24H19F2N3O. The number of aromatic nitrogens is 3. The fraction of sp³-hybridized carbons (Fsp3) is 0.125. The highest BCUT2D eigenvalue weighted by atomic mass is 19.1. The first kappa shape index (κ1) is 18.5. The highest BCUT2D eigenvalue weighted by molar-refractivity contribution is 5.83. The third-order valence-corrected chi connectivity index (χ3v) is 5.67. The van der Waals surface area contributed by atoms with Crippen LogP contribution in [0.1, 0.15) is 11.1 Å². The summed E-state index contributed by atoms with van der Waals surface area (Å²) in [5.74, 6) is -0.319. The van der Waals surface area contributed by atoms with Crippen molar-refractivity contribution >= 4 is 21.8 Å². The Kier molecular flexibility index (Phi) is 4.18. The van der Waals surface area contributed by atoms with Crippen LogP contribution in [0.15, 0.2) is 79.1 Å². The summed E-state index contributed by atoms with van der Waals surface area (Å²) in [4.78, 5) is 0. The minimum absolute atomic E-state index is 0.319. The minimum atomic E-state index is -1.77. The zero-order chi connectivity index (χ0) is 20.9. The van der Waals surface area contributed by atoms with E-state index in [4.69, 9.17) is 0 Å². The number of rotatable bonds is 4. The molecular weight excluding hydrogens is 384 g/mol. The van der Waals surface area contributed by atoms with Crippen LogP contribution in [0.2, 0.25) is 0 Å². The number of aliphatic hydroxyl groups is 1. The van der Waals surface area contributed by atoms with Crippen LogP contribution in [-0.4, -0.2) is 26.1 Å². The van der Waals surface area contributed by atoms with Crippen molar-refractivity contribution < 1.29 is 13.9 Å². The molecule has 0 saturated carbocycles. The van der Waals surface area contributed by atoms with E-state index < -0.39 is 12.3 Å². The lowest BCUT2D eigenvalue weighted by Gasteiger charge is -2.26. The van der Waals surface area contributed by atoms with E-state index in [1.54, 1.807) is 47.3 Å². The maximum Gasteiger partial charge on any atom is 0.143 e. The topological polar surface area (TPSA) is 43.0 Å². The van der Waals surface area contributed by atoms with Crippen LogP contribution in [0, 0.1) is 5.82 Å². The van der Waals surface area contributed by atoms with E-state index in [0.29, 0.717) is 11.1 Å². The molecule has 0 fully saturated rings. The Morgan fingerprint density at radius 1 is 0.900 bits per heavy atom. The van der Waals surface area contributed by atoms with E-state index in [2.05, 4.69) is 5.10 Å². The van der Waals surface area contributed by atoms with Crippen LogP contribution >= 0.6 is 0 Å². The second kappa shape index (κ2) is 6.78. The Bertz CT molecular complexity index is 1370. The van der Waals surface area contributed by atoms with Crippen LogP contribution in [-0.2, 0) is 12.6 Å². The number of benzene rings is 3. The zero-order valence-corrected chi connectivity index (χ0v) is 16.3. The number of hydrogen-bond donors (Lipinski definition) is 1. The molecule has 2 aromatic heterocycles. The summed E-state index contributed by atoms with van der Waals surface area (Å²) in [6.07, 6.45) is 3.58. The van der Waals surface area contributed by atoms with E-state index in [1.807, 2.05) is 36.0 Å². The van der Waals surface area contributed by atoms with Crippen molar-refractivity contribution in [2.24, 2.45) is 7.05 Å². The Morgan fingerprint density at radius 3 is 2.27 bits per heavy atom. The summed E-state index contributed by atoms with van der Waals surface area (Å²) in [5, 5.41) is 17.4. The van der Waals surface area contributed by atoms with Gasteiger partial charge < -0.3 is 9.67 Å². The fourth-order valence-electron chi connectivity index (χ4n) is 3.94. The predicted molar refractivity (Wildman–Crippen MR) is 113 cm³/mol. The fourth-order valence-corrected chi connectivity index (χ4v) is 3.94. The molecule has 0 aliphatic carbocycles. The van der Waals surface area contributed by atoms with Gasteiger partial charge in [0.15, 0.2) is 0 Å². The molecule has 5 aromatic rings. The van der Waals surface area contributed by atoms with E-state index in [-0.39, 0.29) is 5.82 Å². The molecule has 0 amide bonds. The lowest BCUT2D eigenvalue weighted by atomic mass is 9.86. The van der Waals surface area contributed by atoms with Gasteiger partial charge in [-0.25, -0.2) is 13.5 Å². The molecule has 0 aliphatic heterocycles. The van der Waals surface area contributed by atoms with E-state index in [9.17, 15) is 13.9 Å². The van der Waals surface area contributed by atoms with Crippen LogP contribution in [0.25, 0.3) is 27.5 Å². The van der Waals surface area contributed by atoms with Crippen LogP contribution in [0.5, 0.6) is 0 Å². The Hall–Kier alpha value is -3.51. The van der Waals surface area contributed by atoms with E-state index >= 15 is 0 Å². The first-order valence-electron chi connectivity index (χ1n) is 9.58. The molecule has 3 aromatic carbocycles. The number of aryl methyl sites for hydroxylation is 1. The summed E-state index contributed by atoms with van der Waals surface area (Å²) in [6.45, 7) is -0.955. The van der Waals surface area contributed by atoms with Crippen LogP contribution in [0.3, 0.4) is 0 Å². The molecule has 1 unspecified atom stereocenters. The molecule has 30 heavy (non-hydrogen) atoms. The maximum absolute atomic E-state index is 14.2. The van der Waals surface area contributed by atoms with Crippen molar-refractivity contribution in [1.29, 1.82) is 0 Å². The standard InChI is InChI=1S/C24H19F2N3O/c1-28-11-10-16-12-18(2-8-22(16)28)24(30,15-25)19-3-9-23-17(13-19)14-27-29(23)21-6-4-20(26)5-7-21/h2-14,30H,15H2,1H3. The van der Waals surface area contributed by atoms with Gasteiger partial charge in [0.05, 0.1) is 17.4 Å². The number of alkyl halides is 1. The summed E-state index contributed by atoms with van der Waals surface area (Å²) >= 11 is 0. The number of hydrogen-bond acceptors (Lipinski definition) is 2. The molecule has 1 N–H and O–H groups in total. The molecule has 5 rings (SSSR count). The quantitative estimate of drug-likeness (QED) is 0.466. The zero-order valence-electron chi connectivity index (χ0n) is 16.3. The molecule has 0 aliphatic rings. The van der Waals surface area contributed by atoms with E-state index in [0.717, 1.165) is 27.5 Å². The molecule has 0 bridgehead atoms. The monoisotopic (exact) mass is 403 g/mol. The molecule has 150 valence electrons. The molecule has 0 saturated heterocycles. The van der Waals surface area contributed by atoms with Gasteiger partial charge in [-0.2, -0.15) is 5.10 Å². The van der Waals surface area contributed by atoms with Crippen molar-refractivity contribution in [3.05, 3.63) is 96.1 Å². The van der Waals surface area contributed by atoms with Gasteiger partial charge in [-0.3, -0.25) is 0 Å². The summed E-state index contributed by atoms with van der Waals surface area (Å²) in [7, 11) is 1.94. The lowest BCUT2D eigenvalue weighted by Crippen LogP contribution is -2.29. The van der Waals surface area contributed by atoms with Gasteiger partial charge in [-0.1, -0.05) is 12.1 Å². The third-order valence-electron chi connectivity index (χ3n) is 5.67. The largest absolute Gasteiger partial charge is 0.378 e. The average Bonchev–Trinajstić information content (AvgIpc) is 3.36. The average molecular weight is 403 g/mol. The van der Waals surface area contributed by atoms with Crippen LogP contribution in [0.4, 0.5) is 8.78 Å². The minimum Gasteiger partial charge on any atom is -0.378 e. The Morgan fingerprint density at radius 2 is 1.57 bits per heavy atom.